The van der Waals surface area contributed by atoms with Crippen LogP contribution in [0.4, 0.5) is 5.69 Å². The minimum Gasteiger partial charge on any atom is -0.354 e. The molecule has 75 heavy (non-hydrogen) atoms. The number of hydrogen-bond donors (Lipinski definition) is 3. The molecule has 11 aromatic rings. The summed E-state index contributed by atoms with van der Waals surface area (Å²) in [4.78, 5) is 41.3. The van der Waals surface area contributed by atoms with E-state index in [-0.39, 0.29) is 5.91 Å². The van der Waals surface area contributed by atoms with Crippen LogP contribution in [-0.4, -0.2) is 35.8 Å². The molecule has 2 aliphatic rings. The normalized spacial score (nSPS) is 11.7. The van der Waals surface area contributed by atoms with Crippen LogP contribution in [0.3, 0.4) is 0 Å². The first-order valence-electron chi connectivity index (χ1n) is 24.9. The standard InChI is InChI=1S/C67H45N7O/c75-67(50-25-23-44(24-26-50)43-19-21-45(22-20-43)51-39-41-69-62(42-51)53-18-10-11-40-68-53)70-52-29-27-49(28-30-52)66-60-37-35-58(73-60)64(47-14-6-2-7-15-47)56-33-31-54(71-56)63(46-12-4-1-5-13-46)55-32-34-57(72-55)65(48-16-8-3-9-17-48)59-36-38-61(66)74-59/h1-42,71,74H,(H,70,75). The summed E-state index contributed by atoms with van der Waals surface area (Å²) in [6, 6.07) is 73.8. The number of pyridine rings is 2. The number of amides is 1. The maximum Gasteiger partial charge on any atom is 0.255 e. The lowest BCUT2D eigenvalue weighted by Crippen LogP contribution is -2.11. The van der Waals surface area contributed by atoms with Gasteiger partial charge in [0.25, 0.3) is 5.91 Å². The summed E-state index contributed by atoms with van der Waals surface area (Å²) >= 11 is 0. The van der Waals surface area contributed by atoms with Gasteiger partial charge in [-0.2, -0.15) is 0 Å². The van der Waals surface area contributed by atoms with Gasteiger partial charge in [0, 0.05) is 68.0 Å². The average Bonchev–Trinajstić information content (AvgIpc) is 4.34. The minimum absolute atomic E-state index is 0.196. The number of aromatic nitrogens is 6. The molecule has 1 amide bonds. The molecule has 0 fully saturated rings. The molecule has 0 saturated heterocycles. The Hall–Kier alpha value is -10.3. The van der Waals surface area contributed by atoms with E-state index in [1.807, 2.05) is 97.2 Å². The molecule has 8 bridgehead atoms. The Morgan fingerprint density at radius 2 is 0.720 bits per heavy atom. The summed E-state index contributed by atoms with van der Waals surface area (Å²) in [7, 11) is 0. The lowest BCUT2D eigenvalue weighted by molar-refractivity contribution is 0.102. The SMILES string of the molecule is O=C(Nc1ccc(-c2c3nc(c(-c4ccccc4)c4ccc([nH]4)c(-c4ccccc4)c4nc(c(-c5ccccc5)c5ccc2[nH]5)C=C4)C=C3)cc1)c1ccc(-c2ccc(-c3ccnc(-c4ccccn4)c3)cc2)cc1. The van der Waals surface area contributed by atoms with Gasteiger partial charge in [-0.25, -0.2) is 9.97 Å². The number of carbonyl (C=O) groups excluding carboxylic acids is 1. The minimum atomic E-state index is -0.196. The van der Waals surface area contributed by atoms with Gasteiger partial charge in [0.1, 0.15) is 0 Å². The number of nitrogens with zero attached hydrogens (tertiary/aromatic N) is 4. The summed E-state index contributed by atoms with van der Waals surface area (Å²) in [5.41, 5.74) is 22.1. The molecule has 8 nitrogen and oxygen atoms in total. The predicted octanol–water partition coefficient (Wildman–Crippen LogP) is 16.4. The largest absolute Gasteiger partial charge is 0.354 e. The zero-order chi connectivity index (χ0) is 50.1. The maximum atomic E-state index is 13.8. The fraction of sp³-hybridized carbons (Fsp3) is 0. The van der Waals surface area contributed by atoms with Gasteiger partial charge in [0.05, 0.1) is 34.2 Å². The third-order valence-corrected chi connectivity index (χ3v) is 13.8. The molecule has 5 aromatic heterocycles. The number of benzene rings is 6. The third kappa shape index (κ3) is 8.83. The van der Waals surface area contributed by atoms with Crippen molar-refractivity contribution in [1.82, 2.24) is 29.9 Å². The van der Waals surface area contributed by atoms with Crippen molar-refractivity contribution in [3.05, 3.63) is 259 Å². The van der Waals surface area contributed by atoms with Gasteiger partial charge >= 0.3 is 0 Å². The molecule has 0 saturated carbocycles. The van der Waals surface area contributed by atoms with Gasteiger partial charge < -0.3 is 15.3 Å². The van der Waals surface area contributed by atoms with Crippen LogP contribution in [0.1, 0.15) is 33.1 Å². The van der Waals surface area contributed by atoms with E-state index >= 15 is 0 Å². The average molecular weight is 964 g/mol. The molecule has 3 N–H and O–H groups in total. The molecule has 7 heterocycles. The second-order valence-corrected chi connectivity index (χ2v) is 18.4. The van der Waals surface area contributed by atoms with Gasteiger partial charge in [-0.3, -0.25) is 14.8 Å². The molecule has 0 spiro atoms. The van der Waals surface area contributed by atoms with Crippen LogP contribution in [-0.2, 0) is 0 Å². The highest BCUT2D eigenvalue weighted by Gasteiger charge is 2.19. The molecule has 13 rings (SSSR count). The molecular formula is C67H45N7O. The first kappa shape index (κ1) is 44.6. The predicted molar refractivity (Wildman–Crippen MR) is 307 cm³/mol. The summed E-state index contributed by atoms with van der Waals surface area (Å²) < 4.78 is 0. The monoisotopic (exact) mass is 963 g/mol. The van der Waals surface area contributed by atoms with E-state index in [4.69, 9.17) is 9.97 Å². The second-order valence-electron chi connectivity index (χ2n) is 18.4. The van der Waals surface area contributed by atoms with Crippen LogP contribution >= 0.6 is 0 Å². The van der Waals surface area contributed by atoms with E-state index in [1.54, 1.807) is 6.20 Å². The van der Waals surface area contributed by atoms with Crippen molar-refractivity contribution >= 4 is 58.0 Å². The van der Waals surface area contributed by atoms with E-state index in [1.165, 1.54) is 0 Å². The molecule has 6 aromatic carbocycles. The maximum absolute atomic E-state index is 13.8. The third-order valence-electron chi connectivity index (χ3n) is 13.8. The number of rotatable bonds is 9. The Bertz CT molecular complexity index is 4130. The molecule has 2 aliphatic heterocycles. The summed E-state index contributed by atoms with van der Waals surface area (Å²) in [5, 5.41) is 3.13. The van der Waals surface area contributed by atoms with Crippen molar-refractivity contribution in [2.24, 2.45) is 0 Å². The van der Waals surface area contributed by atoms with Crippen molar-refractivity contribution in [2.45, 2.75) is 0 Å². The molecule has 354 valence electrons. The Labute approximate surface area is 433 Å². The van der Waals surface area contributed by atoms with Crippen molar-refractivity contribution in [1.29, 1.82) is 0 Å². The van der Waals surface area contributed by atoms with Crippen molar-refractivity contribution < 1.29 is 4.79 Å². The van der Waals surface area contributed by atoms with Crippen LogP contribution in [0.5, 0.6) is 0 Å². The van der Waals surface area contributed by atoms with E-state index < -0.39 is 0 Å². The smallest absolute Gasteiger partial charge is 0.255 e. The van der Waals surface area contributed by atoms with Gasteiger partial charge in [-0.05, 0) is 142 Å². The van der Waals surface area contributed by atoms with Gasteiger partial charge in [0.2, 0.25) is 0 Å². The highest BCUT2D eigenvalue weighted by molar-refractivity contribution is 6.05. The molecular weight excluding hydrogens is 919 g/mol. The molecule has 0 atom stereocenters. The Morgan fingerprint density at radius 3 is 1.16 bits per heavy atom. The summed E-state index contributed by atoms with van der Waals surface area (Å²) in [6.07, 6.45) is 12.0. The van der Waals surface area contributed by atoms with Crippen LogP contribution in [0.2, 0.25) is 0 Å². The topological polar surface area (TPSA) is 112 Å². The van der Waals surface area contributed by atoms with Gasteiger partial charge in [0.15, 0.2) is 0 Å². The number of aromatic amines is 2. The Kier molecular flexibility index (Phi) is 11.5. The fourth-order valence-electron chi connectivity index (χ4n) is 10.1. The fourth-order valence-corrected chi connectivity index (χ4v) is 10.1. The lowest BCUT2D eigenvalue weighted by atomic mass is 9.99. The molecule has 0 radical (unpaired) electrons. The number of fused-ring (bicyclic) bond motifs is 8. The zero-order valence-corrected chi connectivity index (χ0v) is 40.4. The highest BCUT2D eigenvalue weighted by Crippen LogP contribution is 2.39. The lowest BCUT2D eigenvalue weighted by Gasteiger charge is -2.10. The molecule has 8 heteroatoms. The highest BCUT2D eigenvalue weighted by atomic mass is 16.1. The van der Waals surface area contributed by atoms with E-state index in [0.717, 1.165) is 123 Å². The second kappa shape index (κ2) is 19.4. The van der Waals surface area contributed by atoms with Crippen molar-refractivity contribution in [3.8, 4) is 78.1 Å². The number of anilines is 1. The van der Waals surface area contributed by atoms with E-state index in [2.05, 4.69) is 177 Å². The first-order chi connectivity index (χ1) is 37.1. The number of H-pyrrole nitrogens is 2. The number of hydrogen-bond acceptors (Lipinski definition) is 5. The molecule has 0 aliphatic carbocycles. The van der Waals surface area contributed by atoms with E-state index in [0.29, 0.717) is 11.3 Å². The van der Waals surface area contributed by atoms with Crippen LogP contribution in [0.25, 0.3) is 125 Å². The Morgan fingerprint density at radius 1 is 0.333 bits per heavy atom. The first-order valence-corrected chi connectivity index (χ1v) is 24.9. The summed E-state index contributed by atoms with van der Waals surface area (Å²) in [6.45, 7) is 0. The zero-order valence-electron chi connectivity index (χ0n) is 40.4. The van der Waals surface area contributed by atoms with Gasteiger partial charge in [-0.15, -0.1) is 0 Å². The van der Waals surface area contributed by atoms with Crippen LogP contribution in [0, 0.1) is 0 Å². The summed E-state index contributed by atoms with van der Waals surface area (Å²) in [5.74, 6) is -0.196. The number of nitrogens with one attached hydrogen (secondary N) is 3. The van der Waals surface area contributed by atoms with Crippen molar-refractivity contribution in [2.75, 3.05) is 5.32 Å². The van der Waals surface area contributed by atoms with E-state index in [9.17, 15) is 4.79 Å². The molecule has 0 unspecified atom stereocenters. The number of carbonyl (C=O) groups is 1. The van der Waals surface area contributed by atoms with Crippen LogP contribution < -0.4 is 5.32 Å². The quantitative estimate of drug-likeness (QED) is 0.133. The van der Waals surface area contributed by atoms with Gasteiger partial charge in [-0.1, -0.05) is 146 Å². The van der Waals surface area contributed by atoms with Crippen molar-refractivity contribution in [3.63, 3.8) is 0 Å². The van der Waals surface area contributed by atoms with Crippen LogP contribution in [0.15, 0.2) is 231 Å². The Balaban J connectivity index is 0.863.